The highest BCUT2D eigenvalue weighted by Crippen LogP contribution is 2.28. The van der Waals surface area contributed by atoms with Gasteiger partial charge in [-0.25, -0.2) is 0 Å². The van der Waals surface area contributed by atoms with Crippen molar-refractivity contribution in [2.75, 3.05) is 6.54 Å². The van der Waals surface area contributed by atoms with Crippen LogP contribution in [-0.4, -0.2) is 23.2 Å². The summed E-state index contributed by atoms with van der Waals surface area (Å²) in [6.45, 7) is 0.607. The van der Waals surface area contributed by atoms with Crippen LogP contribution in [0.15, 0.2) is 30.3 Å². The lowest BCUT2D eigenvalue weighted by molar-refractivity contribution is -0.161. The van der Waals surface area contributed by atoms with Crippen LogP contribution in [0.1, 0.15) is 19.3 Å². The van der Waals surface area contributed by atoms with Gasteiger partial charge in [-0.15, -0.1) is 0 Å². The van der Waals surface area contributed by atoms with Crippen LogP contribution >= 0.6 is 0 Å². The van der Waals surface area contributed by atoms with E-state index in [4.69, 9.17) is 16.3 Å². The van der Waals surface area contributed by atoms with E-state index in [9.17, 15) is 4.79 Å². The minimum atomic E-state index is -1.21. The summed E-state index contributed by atoms with van der Waals surface area (Å²) in [5.74, 6) is 5.93. The van der Waals surface area contributed by atoms with E-state index in [1.54, 1.807) is 12.1 Å². The van der Waals surface area contributed by atoms with Gasteiger partial charge in [0, 0.05) is 13.0 Å². The van der Waals surface area contributed by atoms with Crippen LogP contribution in [0.4, 0.5) is 0 Å². The highest BCUT2D eigenvalue weighted by atomic mass is 16.5. The summed E-state index contributed by atoms with van der Waals surface area (Å²) in [5, 5.41) is 1.41. The summed E-state index contributed by atoms with van der Waals surface area (Å²) >= 11 is 0. The fourth-order valence-electron chi connectivity index (χ4n) is 2.08. The van der Waals surface area contributed by atoms with Crippen molar-refractivity contribution in [3.8, 4) is 5.75 Å². The Hall–Kier alpha value is -1.59. The molecule has 1 heterocycles. The van der Waals surface area contributed by atoms with E-state index in [1.807, 2.05) is 18.2 Å². The molecule has 4 N–H and O–H groups in total. The number of carbonyl (C=O) groups is 1. The Morgan fingerprint density at radius 1 is 1.29 bits per heavy atom. The number of benzene rings is 1. The molecule has 1 aliphatic rings. The zero-order valence-corrected chi connectivity index (χ0v) is 9.63. The molecule has 1 aromatic rings. The van der Waals surface area contributed by atoms with Gasteiger partial charge in [-0.3, -0.25) is 10.6 Å². The maximum absolute atomic E-state index is 11.7. The average Bonchev–Trinajstić information content (AvgIpc) is 2.33. The Labute approximate surface area is 100 Å². The smallest absolute Gasteiger partial charge is 0.278 e. The molecular weight excluding hydrogens is 218 g/mol. The van der Waals surface area contributed by atoms with E-state index in [0.717, 1.165) is 12.8 Å². The maximum Gasteiger partial charge on any atom is 0.278 e. The molecule has 1 atom stereocenters. The van der Waals surface area contributed by atoms with Gasteiger partial charge in [0.25, 0.3) is 11.6 Å². The van der Waals surface area contributed by atoms with E-state index in [2.05, 4.69) is 0 Å². The molecule has 0 aromatic heterocycles. The van der Waals surface area contributed by atoms with Gasteiger partial charge in [-0.1, -0.05) is 18.2 Å². The van der Waals surface area contributed by atoms with Crippen molar-refractivity contribution in [2.45, 2.75) is 25.0 Å². The Bertz CT molecular complexity index is 396. The van der Waals surface area contributed by atoms with Gasteiger partial charge in [-0.05, 0) is 25.0 Å². The fourth-order valence-corrected chi connectivity index (χ4v) is 2.08. The van der Waals surface area contributed by atoms with Crippen LogP contribution in [0.5, 0.6) is 5.75 Å². The van der Waals surface area contributed by atoms with Gasteiger partial charge < -0.3 is 10.5 Å². The molecule has 1 aromatic carbocycles. The highest BCUT2D eigenvalue weighted by molar-refractivity contribution is 5.83. The lowest BCUT2D eigenvalue weighted by Crippen LogP contribution is -2.66. The number of nitrogens with two attached hydrogens (primary N) is 2. The largest absolute Gasteiger partial charge is 0.462 e. The Balaban J connectivity index is 2.25. The summed E-state index contributed by atoms with van der Waals surface area (Å²) in [7, 11) is 0. The van der Waals surface area contributed by atoms with Crippen LogP contribution in [0.2, 0.25) is 0 Å². The number of rotatable bonds is 3. The standard InChI is InChI=1S/C12H17N3O2/c13-11(16)12(8-4-5-9-15(12)14)17-10-6-2-1-3-7-10/h1-3,6-7H,4-5,8-9,14H2,(H2,13,16)/t12-/m0/s1. The molecule has 92 valence electrons. The average molecular weight is 235 g/mol. The number of carbonyl (C=O) groups excluding carboxylic acids is 1. The lowest BCUT2D eigenvalue weighted by Gasteiger charge is -2.41. The first-order valence-electron chi connectivity index (χ1n) is 5.71. The second-order valence-electron chi connectivity index (χ2n) is 4.21. The number of nitrogens with zero attached hydrogens (tertiary/aromatic N) is 1. The summed E-state index contributed by atoms with van der Waals surface area (Å²) in [6.07, 6.45) is 2.35. The molecule has 0 bridgehead atoms. The Kier molecular flexibility index (Phi) is 3.31. The molecule has 5 nitrogen and oxygen atoms in total. The summed E-state index contributed by atoms with van der Waals surface area (Å²) in [6, 6.07) is 9.13. The molecule has 5 heteroatoms. The minimum Gasteiger partial charge on any atom is -0.462 e. The third-order valence-electron chi connectivity index (χ3n) is 3.04. The fraction of sp³-hybridized carbons (Fsp3) is 0.417. The highest BCUT2D eigenvalue weighted by Gasteiger charge is 2.45. The molecule has 1 amide bonds. The maximum atomic E-state index is 11.7. The van der Waals surface area contributed by atoms with Gasteiger partial charge >= 0.3 is 0 Å². The Morgan fingerprint density at radius 2 is 2.00 bits per heavy atom. The molecule has 0 radical (unpaired) electrons. The second kappa shape index (κ2) is 4.73. The van der Waals surface area contributed by atoms with Crippen LogP contribution in [0.3, 0.4) is 0 Å². The first-order chi connectivity index (χ1) is 8.15. The summed E-state index contributed by atoms with van der Waals surface area (Å²) in [4.78, 5) is 11.7. The van der Waals surface area contributed by atoms with E-state index in [1.165, 1.54) is 5.01 Å². The van der Waals surface area contributed by atoms with E-state index < -0.39 is 11.6 Å². The molecule has 0 spiro atoms. The number of primary amides is 1. The first kappa shape index (κ1) is 11.9. The van der Waals surface area contributed by atoms with Gasteiger partial charge in [0.1, 0.15) is 5.75 Å². The molecule has 17 heavy (non-hydrogen) atoms. The number of piperidine rings is 1. The topological polar surface area (TPSA) is 81.6 Å². The molecule has 1 saturated heterocycles. The van der Waals surface area contributed by atoms with E-state index in [-0.39, 0.29) is 0 Å². The predicted molar refractivity (Wildman–Crippen MR) is 63.7 cm³/mol. The summed E-state index contributed by atoms with van der Waals surface area (Å²) < 4.78 is 5.74. The van der Waals surface area contributed by atoms with Gasteiger partial charge in [0.05, 0.1) is 0 Å². The number of ether oxygens (including phenoxy) is 1. The number of hydrazine groups is 1. The first-order valence-corrected chi connectivity index (χ1v) is 5.71. The zero-order valence-electron chi connectivity index (χ0n) is 9.63. The zero-order chi connectivity index (χ0) is 12.3. The van der Waals surface area contributed by atoms with Crippen molar-refractivity contribution in [1.82, 2.24) is 5.01 Å². The second-order valence-corrected chi connectivity index (χ2v) is 4.21. The van der Waals surface area contributed by atoms with Crippen LogP contribution in [0, 0.1) is 0 Å². The van der Waals surface area contributed by atoms with Crippen molar-refractivity contribution in [3.63, 3.8) is 0 Å². The quantitative estimate of drug-likeness (QED) is 0.752. The number of para-hydroxylation sites is 1. The lowest BCUT2D eigenvalue weighted by atomic mass is 9.99. The molecule has 1 aliphatic heterocycles. The molecule has 2 rings (SSSR count). The van der Waals surface area contributed by atoms with E-state index >= 15 is 0 Å². The number of hydrogen-bond acceptors (Lipinski definition) is 4. The van der Waals surface area contributed by atoms with Gasteiger partial charge in [0.15, 0.2) is 0 Å². The van der Waals surface area contributed by atoms with Gasteiger partial charge in [0.2, 0.25) is 0 Å². The third kappa shape index (κ3) is 2.25. The molecule has 1 fully saturated rings. The minimum absolute atomic E-state index is 0.522. The van der Waals surface area contributed by atoms with Crippen LogP contribution in [-0.2, 0) is 4.79 Å². The molecule has 0 saturated carbocycles. The van der Waals surface area contributed by atoms with E-state index in [0.29, 0.717) is 18.7 Å². The third-order valence-corrected chi connectivity index (χ3v) is 3.04. The summed E-state index contributed by atoms with van der Waals surface area (Å²) in [5.41, 5.74) is 4.25. The molecular formula is C12H17N3O2. The SMILES string of the molecule is NC(=O)[C@@]1(Oc2ccccc2)CCCCN1N. The predicted octanol–water partition coefficient (Wildman–Crippen LogP) is 0.607. The monoisotopic (exact) mass is 235 g/mol. The van der Waals surface area contributed by atoms with Gasteiger partial charge in [-0.2, -0.15) is 5.01 Å². The molecule has 0 unspecified atom stereocenters. The van der Waals surface area contributed by atoms with Crippen molar-refractivity contribution < 1.29 is 9.53 Å². The van der Waals surface area contributed by atoms with Crippen LogP contribution < -0.4 is 16.3 Å². The van der Waals surface area contributed by atoms with Crippen molar-refractivity contribution in [1.29, 1.82) is 0 Å². The van der Waals surface area contributed by atoms with Crippen molar-refractivity contribution >= 4 is 5.91 Å². The van der Waals surface area contributed by atoms with Crippen molar-refractivity contribution in [3.05, 3.63) is 30.3 Å². The Morgan fingerprint density at radius 3 is 2.59 bits per heavy atom. The number of hydrogen-bond donors (Lipinski definition) is 2. The van der Waals surface area contributed by atoms with Crippen molar-refractivity contribution in [2.24, 2.45) is 11.6 Å². The molecule has 0 aliphatic carbocycles. The normalized spacial score (nSPS) is 25.5. The number of amides is 1. The van der Waals surface area contributed by atoms with Crippen LogP contribution in [0.25, 0.3) is 0 Å².